The highest BCUT2D eigenvalue weighted by Gasteiger charge is 2.26. The first-order valence-electron chi connectivity index (χ1n) is 9.86. The van der Waals surface area contributed by atoms with Crippen LogP contribution in [-0.4, -0.2) is 43.6 Å². The number of benzene rings is 2. The number of para-hydroxylation sites is 2. The Kier molecular flexibility index (Phi) is 7.08. The largest absolute Gasteiger partial charge is 0.496 e. The molecule has 0 bridgehead atoms. The van der Waals surface area contributed by atoms with Crippen LogP contribution in [0.4, 0.5) is 10.5 Å². The lowest BCUT2D eigenvalue weighted by molar-refractivity contribution is -0.117. The number of amides is 3. The Morgan fingerprint density at radius 3 is 2.52 bits per heavy atom. The van der Waals surface area contributed by atoms with Crippen molar-refractivity contribution in [3.05, 3.63) is 59.7 Å². The number of likely N-dealkylation sites (tertiary alicyclic amines) is 1. The van der Waals surface area contributed by atoms with Gasteiger partial charge in [0.1, 0.15) is 5.75 Å². The molecule has 7 heteroatoms. The van der Waals surface area contributed by atoms with E-state index in [0.29, 0.717) is 17.8 Å². The first kappa shape index (κ1) is 20.7. The molecule has 1 saturated heterocycles. The Morgan fingerprint density at radius 2 is 1.79 bits per heavy atom. The number of hydrogen-bond acceptors (Lipinski definition) is 4. The van der Waals surface area contributed by atoms with Gasteiger partial charge in [0, 0.05) is 17.8 Å². The van der Waals surface area contributed by atoms with Crippen LogP contribution in [0.25, 0.3) is 0 Å². The number of carbonyl (C=O) groups excluding carboxylic acids is 2. The number of nitrogens with two attached hydrogens (primary N) is 1. The van der Waals surface area contributed by atoms with Gasteiger partial charge in [0.05, 0.1) is 19.6 Å². The quantitative estimate of drug-likeness (QED) is 0.639. The van der Waals surface area contributed by atoms with E-state index in [-0.39, 0.29) is 18.5 Å². The standard InChI is InChI=1S/C22H28N4O3/c1-29-20-11-5-3-9-17(20)19(26-12-6-7-13-26)15-24-22(28)25-18-10-4-2-8-16(18)14-21(23)27/h2-5,8-11,19H,6-7,12-15H2,1H3,(H2,23,27)(H2,24,25,28). The number of urea groups is 1. The Labute approximate surface area is 171 Å². The normalized spacial score (nSPS) is 14.9. The summed E-state index contributed by atoms with van der Waals surface area (Å²) in [5.74, 6) is 0.378. The van der Waals surface area contributed by atoms with Gasteiger partial charge in [0.2, 0.25) is 5.91 Å². The third-order valence-electron chi connectivity index (χ3n) is 5.17. The molecule has 1 unspecified atom stereocenters. The van der Waals surface area contributed by atoms with E-state index in [1.165, 1.54) is 0 Å². The molecule has 4 N–H and O–H groups in total. The third kappa shape index (κ3) is 5.48. The van der Waals surface area contributed by atoms with Crippen molar-refractivity contribution in [3.63, 3.8) is 0 Å². The Morgan fingerprint density at radius 1 is 1.10 bits per heavy atom. The fourth-order valence-electron chi connectivity index (χ4n) is 3.77. The highest BCUT2D eigenvalue weighted by atomic mass is 16.5. The van der Waals surface area contributed by atoms with Gasteiger partial charge in [-0.3, -0.25) is 9.69 Å². The molecule has 3 amide bonds. The van der Waals surface area contributed by atoms with Gasteiger partial charge in [-0.25, -0.2) is 4.79 Å². The van der Waals surface area contributed by atoms with Crippen molar-refractivity contribution in [2.45, 2.75) is 25.3 Å². The van der Waals surface area contributed by atoms with Crippen LogP contribution in [0.2, 0.25) is 0 Å². The number of nitrogens with zero attached hydrogens (tertiary/aromatic N) is 1. The van der Waals surface area contributed by atoms with Crippen LogP contribution < -0.4 is 21.1 Å². The van der Waals surface area contributed by atoms with Gasteiger partial charge in [0.15, 0.2) is 0 Å². The summed E-state index contributed by atoms with van der Waals surface area (Å²) < 4.78 is 5.54. The third-order valence-corrected chi connectivity index (χ3v) is 5.17. The first-order chi connectivity index (χ1) is 14.1. The van der Waals surface area contributed by atoms with Crippen LogP contribution in [0.1, 0.15) is 30.0 Å². The molecule has 1 atom stereocenters. The molecule has 3 rings (SSSR count). The zero-order valence-corrected chi connectivity index (χ0v) is 16.7. The molecular weight excluding hydrogens is 368 g/mol. The number of anilines is 1. The molecule has 2 aromatic rings. The van der Waals surface area contributed by atoms with Gasteiger partial charge in [0.25, 0.3) is 0 Å². The summed E-state index contributed by atoms with van der Waals surface area (Å²) in [6.07, 6.45) is 2.38. The fraction of sp³-hybridized carbons (Fsp3) is 0.364. The molecule has 1 aliphatic rings. The highest BCUT2D eigenvalue weighted by molar-refractivity contribution is 5.91. The average molecular weight is 396 g/mol. The SMILES string of the molecule is COc1ccccc1C(CNC(=O)Nc1ccccc1CC(N)=O)N1CCCC1. The predicted molar refractivity (Wildman–Crippen MR) is 113 cm³/mol. The summed E-state index contributed by atoms with van der Waals surface area (Å²) >= 11 is 0. The van der Waals surface area contributed by atoms with E-state index in [0.717, 1.165) is 37.2 Å². The van der Waals surface area contributed by atoms with Gasteiger partial charge in [-0.05, 0) is 43.6 Å². The van der Waals surface area contributed by atoms with Gasteiger partial charge in [-0.15, -0.1) is 0 Å². The zero-order valence-electron chi connectivity index (χ0n) is 16.7. The summed E-state index contributed by atoms with van der Waals surface area (Å²) in [5, 5.41) is 5.81. The van der Waals surface area contributed by atoms with Crippen LogP contribution in [0, 0.1) is 0 Å². The predicted octanol–water partition coefficient (Wildman–Crippen LogP) is 2.68. The number of primary amides is 1. The molecule has 154 valence electrons. The molecule has 2 aromatic carbocycles. The Bertz CT molecular complexity index is 849. The molecule has 0 aliphatic carbocycles. The fourth-order valence-corrected chi connectivity index (χ4v) is 3.77. The summed E-state index contributed by atoms with van der Waals surface area (Å²) in [6, 6.07) is 14.8. The van der Waals surface area contributed by atoms with Crippen LogP contribution in [0.3, 0.4) is 0 Å². The Hall–Kier alpha value is -3.06. The number of carbonyl (C=O) groups is 2. The molecule has 7 nitrogen and oxygen atoms in total. The monoisotopic (exact) mass is 396 g/mol. The molecule has 0 radical (unpaired) electrons. The molecule has 0 aromatic heterocycles. The second-order valence-electron chi connectivity index (χ2n) is 7.14. The minimum Gasteiger partial charge on any atom is -0.496 e. The van der Waals surface area contributed by atoms with E-state index in [1.54, 1.807) is 19.2 Å². The van der Waals surface area contributed by atoms with Gasteiger partial charge in [-0.2, -0.15) is 0 Å². The minimum atomic E-state index is -0.440. The minimum absolute atomic E-state index is 0.0280. The lowest BCUT2D eigenvalue weighted by Gasteiger charge is -2.29. The van der Waals surface area contributed by atoms with Crippen molar-refractivity contribution in [2.24, 2.45) is 5.73 Å². The van der Waals surface area contributed by atoms with Crippen molar-refractivity contribution in [1.82, 2.24) is 10.2 Å². The smallest absolute Gasteiger partial charge is 0.319 e. The van der Waals surface area contributed by atoms with E-state index in [2.05, 4.69) is 15.5 Å². The second-order valence-corrected chi connectivity index (χ2v) is 7.14. The number of ether oxygens (including phenoxy) is 1. The lowest BCUT2D eigenvalue weighted by atomic mass is 10.0. The summed E-state index contributed by atoms with van der Waals surface area (Å²) in [6.45, 7) is 2.44. The number of hydrogen-bond donors (Lipinski definition) is 3. The van der Waals surface area contributed by atoms with Crippen molar-refractivity contribution >= 4 is 17.6 Å². The van der Waals surface area contributed by atoms with E-state index in [4.69, 9.17) is 10.5 Å². The molecule has 1 aliphatic heterocycles. The first-order valence-corrected chi connectivity index (χ1v) is 9.86. The van der Waals surface area contributed by atoms with Crippen LogP contribution in [0.5, 0.6) is 5.75 Å². The van der Waals surface area contributed by atoms with Crippen LogP contribution in [0.15, 0.2) is 48.5 Å². The topological polar surface area (TPSA) is 96.7 Å². The molecular formula is C22H28N4O3. The number of nitrogens with one attached hydrogen (secondary N) is 2. The van der Waals surface area contributed by atoms with Gasteiger partial charge >= 0.3 is 6.03 Å². The molecule has 1 fully saturated rings. The van der Waals surface area contributed by atoms with Crippen molar-refractivity contribution in [3.8, 4) is 5.75 Å². The highest BCUT2D eigenvalue weighted by Crippen LogP contribution is 2.31. The Balaban J connectivity index is 1.70. The maximum Gasteiger partial charge on any atom is 0.319 e. The number of methoxy groups -OCH3 is 1. The van der Waals surface area contributed by atoms with E-state index in [9.17, 15) is 9.59 Å². The summed E-state index contributed by atoms with van der Waals surface area (Å²) in [5.41, 5.74) is 7.63. The second kappa shape index (κ2) is 9.93. The summed E-state index contributed by atoms with van der Waals surface area (Å²) in [7, 11) is 1.66. The molecule has 1 heterocycles. The van der Waals surface area contributed by atoms with Crippen molar-refractivity contribution in [1.29, 1.82) is 0 Å². The maximum absolute atomic E-state index is 12.6. The molecule has 0 spiro atoms. The van der Waals surface area contributed by atoms with Crippen molar-refractivity contribution in [2.75, 3.05) is 32.1 Å². The lowest BCUT2D eigenvalue weighted by Crippen LogP contribution is -2.39. The van der Waals surface area contributed by atoms with Crippen LogP contribution in [-0.2, 0) is 11.2 Å². The van der Waals surface area contributed by atoms with E-state index >= 15 is 0 Å². The van der Waals surface area contributed by atoms with Crippen LogP contribution >= 0.6 is 0 Å². The zero-order chi connectivity index (χ0) is 20.6. The maximum atomic E-state index is 12.6. The molecule has 29 heavy (non-hydrogen) atoms. The average Bonchev–Trinajstić information content (AvgIpc) is 3.24. The van der Waals surface area contributed by atoms with Gasteiger partial charge in [-0.1, -0.05) is 36.4 Å². The number of rotatable bonds is 8. The van der Waals surface area contributed by atoms with E-state index in [1.807, 2.05) is 36.4 Å². The van der Waals surface area contributed by atoms with Gasteiger partial charge < -0.3 is 21.1 Å². The van der Waals surface area contributed by atoms with E-state index < -0.39 is 5.91 Å². The molecule has 0 saturated carbocycles. The summed E-state index contributed by atoms with van der Waals surface area (Å²) in [4.78, 5) is 26.2. The van der Waals surface area contributed by atoms with Crippen molar-refractivity contribution < 1.29 is 14.3 Å².